The van der Waals surface area contributed by atoms with Gasteiger partial charge in [-0.25, -0.2) is 8.42 Å². The molecule has 0 aliphatic carbocycles. The van der Waals surface area contributed by atoms with E-state index in [4.69, 9.17) is 15.0 Å². The van der Waals surface area contributed by atoms with Gasteiger partial charge >= 0.3 is 0 Å². The lowest BCUT2D eigenvalue weighted by Gasteiger charge is -2.17. The number of benzene rings is 3. The smallest absolute Gasteiger partial charge is 0.296 e. The van der Waals surface area contributed by atoms with E-state index in [-0.39, 0.29) is 45.6 Å². The molecule has 46 heavy (non-hydrogen) atoms. The second kappa shape index (κ2) is 15.3. The zero-order chi connectivity index (χ0) is 34.1. The van der Waals surface area contributed by atoms with E-state index in [1.807, 2.05) is 0 Å². The van der Waals surface area contributed by atoms with Crippen molar-refractivity contribution in [2.24, 2.45) is 20.5 Å². The summed E-state index contributed by atoms with van der Waals surface area (Å²) in [5.74, 6) is -0.207. The molecule has 0 saturated heterocycles. The Hall–Kier alpha value is -4.27. The Morgan fingerprint density at radius 1 is 0.848 bits per heavy atom. The third-order valence-electron chi connectivity index (χ3n) is 6.28. The van der Waals surface area contributed by atoms with Gasteiger partial charge in [0.15, 0.2) is 9.84 Å². The lowest BCUT2D eigenvalue weighted by Crippen LogP contribution is -2.15. The van der Waals surface area contributed by atoms with E-state index in [9.17, 15) is 29.8 Å². The largest absolute Gasteiger partial charge is 0.397 e. The van der Waals surface area contributed by atoms with Gasteiger partial charge in [-0.05, 0) is 61.9 Å². The lowest BCUT2D eigenvalue weighted by molar-refractivity contribution is 0.198. The minimum atomic E-state index is -4.82. The van der Waals surface area contributed by atoms with Crippen LogP contribution in [0, 0.1) is 6.92 Å². The predicted octanol–water partition coefficient (Wildman–Crippen LogP) is 5.32. The van der Waals surface area contributed by atoms with Crippen molar-refractivity contribution in [3.63, 3.8) is 0 Å². The van der Waals surface area contributed by atoms with Gasteiger partial charge in [-0.15, -0.1) is 10.2 Å². The number of ether oxygens (including phenoxy) is 1. The highest BCUT2D eigenvalue weighted by Gasteiger charge is 2.19. The number of rotatable bonds is 16. The Morgan fingerprint density at radius 2 is 1.48 bits per heavy atom. The second-order valence-corrected chi connectivity index (χ2v) is 14.5. The summed E-state index contributed by atoms with van der Waals surface area (Å²) < 4.78 is 94.6. The molecule has 0 radical (unpaired) electrons. The average molecular weight is 696 g/mol. The minimum Gasteiger partial charge on any atom is -0.397 e. The van der Waals surface area contributed by atoms with Crippen LogP contribution >= 0.6 is 0 Å². The van der Waals surface area contributed by atoms with Gasteiger partial charge in [-0.2, -0.15) is 27.1 Å². The van der Waals surface area contributed by atoms with Crippen LogP contribution in [0.5, 0.6) is 0 Å². The van der Waals surface area contributed by atoms with E-state index in [1.165, 1.54) is 24.3 Å². The average Bonchev–Trinajstić information content (AvgIpc) is 2.99. The summed E-state index contributed by atoms with van der Waals surface area (Å²) in [4.78, 5) is -0.957. The van der Waals surface area contributed by atoms with E-state index in [0.29, 0.717) is 36.5 Å². The van der Waals surface area contributed by atoms with Crippen molar-refractivity contribution in [3.8, 4) is 0 Å². The standard InChI is InChI=1S/C27H33N7O9S3/c1-4-44(35,36)15-13-30-23-17-24(29-12-5-14-43-3)27(18(2)26(23)28)34-33-22-11-8-20(16-25(22)46(40,41)42)32-31-19-6-9-21(10-7-19)45(37,38)39/h4,6-11,16-17,29-30H,1,5,12-15,28H2,2-3H3,(H,37,38,39)(H,40,41,42)/b32-31+,34-33+. The molecule has 0 heterocycles. The van der Waals surface area contributed by atoms with E-state index in [0.717, 1.165) is 23.6 Å². The van der Waals surface area contributed by atoms with Crippen LogP contribution in [0.4, 0.5) is 39.8 Å². The summed E-state index contributed by atoms with van der Waals surface area (Å²) in [6.07, 6.45) is 0.629. The van der Waals surface area contributed by atoms with Crippen LogP contribution in [0.15, 0.2) is 90.8 Å². The van der Waals surface area contributed by atoms with Gasteiger partial charge in [0.1, 0.15) is 16.3 Å². The maximum Gasteiger partial charge on any atom is 0.296 e. The first kappa shape index (κ1) is 36.2. The van der Waals surface area contributed by atoms with E-state index in [2.05, 4.69) is 37.7 Å². The van der Waals surface area contributed by atoms with Crippen molar-refractivity contribution < 1.29 is 39.1 Å². The highest BCUT2D eigenvalue weighted by Crippen LogP contribution is 2.40. The van der Waals surface area contributed by atoms with Crippen molar-refractivity contribution in [2.45, 2.75) is 23.1 Å². The fraction of sp³-hybridized carbons (Fsp3) is 0.259. The Bertz CT molecular complexity index is 1960. The fourth-order valence-electron chi connectivity index (χ4n) is 3.84. The van der Waals surface area contributed by atoms with Crippen molar-refractivity contribution in [2.75, 3.05) is 48.9 Å². The maximum absolute atomic E-state index is 12.3. The molecule has 0 bridgehead atoms. The molecule has 0 aliphatic rings. The highest BCUT2D eigenvalue weighted by atomic mass is 32.2. The first-order valence-corrected chi connectivity index (χ1v) is 17.9. The topological polar surface area (TPSA) is 252 Å². The Labute approximate surface area is 266 Å². The van der Waals surface area contributed by atoms with Gasteiger partial charge in [0.25, 0.3) is 20.2 Å². The Morgan fingerprint density at radius 3 is 2.09 bits per heavy atom. The zero-order valence-corrected chi connectivity index (χ0v) is 27.2. The highest BCUT2D eigenvalue weighted by molar-refractivity contribution is 7.94. The molecule has 0 aromatic heterocycles. The number of azo groups is 2. The molecule has 248 valence electrons. The number of hydrogen-bond acceptors (Lipinski definition) is 14. The summed E-state index contributed by atoms with van der Waals surface area (Å²) in [5.41, 5.74) is 8.18. The number of hydrogen-bond donors (Lipinski definition) is 5. The van der Waals surface area contributed by atoms with Gasteiger partial charge < -0.3 is 21.1 Å². The third kappa shape index (κ3) is 10.1. The number of nitrogen functional groups attached to an aromatic ring is 1. The molecule has 16 nitrogen and oxygen atoms in total. The molecule has 19 heteroatoms. The van der Waals surface area contributed by atoms with Gasteiger partial charge in [0, 0.05) is 37.8 Å². The Balaban J connectivity index is 1.97. The lowest BCUT2D eigenvalue weighted by atomic mass is 10.1. The molecule has 0 fully saturated rings. The molecular formula is C27H33N7O9S3. The van der Waals surface area contributed by atoms with E-state index >= 15 is 0 Å². The van der Waals surface area contributed by atoms with Crippen molar-refractivity contribution >= 4 is 69.9 Å². The molecule has 6 N–H and O–H groups in total. The molecule has 0 spiro atoms. The van der Waals surface area contributed by atoms with Crippen LogP contribution in [0.3, 0.4) is 0 Å². The summed E-state index contributed by atoms with van der Waals surface area (Å²) in [5, 5.41) is 23.2. The first-order valence-electron chi connectivity index (χ1n) is 13.3. The van der Waals surface area contributed by atoms with Crippen LogP contribution in [0.25, 0.3) is 0 Å². The molecule has 0 aliphatic heterocycles. The molecule has 0 unspecified atom stereocenters. The van der Waals surface area contributed by atoms with Gasteiger partial charge in [0.2, 0.25) is 0 Å². The maximum atomic E-state index is 12.3. The van der Waals surface area contributed by atoms with Crippen molar-refractivity contribution in [3.05, 3.63) is 66.1 Å². The first-order chi connectivity index (χ1) is 21.6. The van der Waals surface area contributed by atoms with Crippen LogP contribution in [0.1, 0.15) is 12.0 Å². The third-order valence-corrected chi connectivity index (χ3v) is 9.32. The van der Waals surface area contributed by atoms with Gasteiger partial charge in [0.05, 0.1) is 39.1 Å². The van der Waals surface area contributed by atoms with Gasteiger partial charge in [-0.1, -0.05) is 6.58 Å². The van der Waals surface area contributed by atoms with Crippen molar-refractivity contribution in [1.82, 2.24) is 0 Å². The van der Waals surface area contributed by atoms with Crippen molar-refractivity contribution in [1.29, 1.82) is 0 Å². The molecule has 0 saturated carbocycles. The number of sulfone groups is 1. The number of nitrogens with zero attached hydrogens (tertiary/aromatic N) is 4. The number of nitrogens with two attached hydrogens (primary N) is 1. The molecule has 3 aromatic rings. The number of anilines is 3. The normalized spacial score (nSPS) is 12.5. The van der Waals surface area contributed by atoms with Crippen LogP contribution in [-0.2, 0) is 34.8 Å². The predicted molar refractivity (Wildman–Crippen MR) is 174 cm³/mol. The van der Waals surface area contributed by atoms with E-state index in [1.54, 1.807) is 20.1 Å². The monoisotopic (exact) mass is 695 g/mol. The van der Waals surface area contributed by atoms with Gasteiger partial charge in [-0.3, -0.25) is 9.11 Å². The summed E-state index contributed by atoms with van der Waals surface area (Å²) in [6, 6.07) is 10.0. The number of methoxy groups -OCH3 is 1. The van der Waals surface area contributed by atoms with Crippen LogP contribution < -0.4 is 16.4 Å². The summed E-state index contributed by atoms with van der Waals surface area (Å²) in [6.45, 7) is 5.94. The van der Waals surface area contributed by atoms with E-state index < -0.39 is 35.0 Å². The molecule has 3 aromatic carbocycles. The summed E-state index contributed by atoms with van der Waals surface area (Å²) >= 11 is 0. The second-order valence-electron chi connectivity index (χ2n) is 9.59. The molecule has 0 amide bonds. The molecule has 3 rings (SSSR count). The zero-order valence-electron chi connectivity index (χ0n) is 24.8. The fourth-order valence-corrected chi connectivity index (χ4v) is 5.52. The van der Waals surface area contributed by atoms with Crippen LogP contribution in [-0.4, -0.2) is 66.9 Å². The summed E-state index contributed by atoms with van der Waals surface area (Å²) in [7, 11) is -11.1. The SMILES string of the molecule is C=CS(=O)(=O)CCNc1cc(NCCCOC)c(/N=N/c2ccc(/N=N/c3ccc(S(=O)(=O)O)cc3)cc2S(=O)(=O)O)c(C)c1N. The Kier molecular flexibility index (Phi) is 12.1. The van der Waals surface area contributed by atoms with Crippen LogP contribution in [0.2, 0.25) is 0 Å². The quantitative estimate of drug-likeness (QED) is 0.0552. The molecular weight excluding hydrogens is 663 g/mol. The minimum absolute atomic E-state index is 0.0141. The number of nitrogens with one attached hydrogen (secondary N) is 2. The molecule has 0 atom stereocenters.